The summed E-state index contributed by atoms with van der Waals surface area (Å²) in [4.78, 5) is 14.4. The fourth-order valence-corrected chi connectivity index (χ4v) is 2.44. The van der Waals surface area contributed by atoms with Gasteiger partial charge in [-0.05, 0) is 25.3 Å². The lowest BCUT2D eigenvalue weighted by Gasteiger charge is -2.26. The van der Waals surface area contributed by atoms with Gasteiger partial charge in [-0.25, -0.2) is 0 Å². The van der Waals surface area contributed by atoms with Crippen molar-refractivity contribution < 1.29 is 9.53 Å². The molecule has 1 aliphatic rings. The average Bonchev–Trinajstić information content (AvgIpc) is 3.29. The van der Waals surface area contributed by atoms with Crippen molar-refractivity contribution in [1.82, 2.24) is 4.90 Å². The third-order valence-electron chi connectivity index (χ3n) is 3.72. The number of nitrogens with two attached hydrogens (primary N) is 1. The Balaban J connectivity index is 2.11. The Morgan fingerprint density at radius 3 is 2.75 bits per heavy atom. The van der Waals surface area contributed by atoms with E-state index in [0.29, 0.717) is 12.6 Å². The van der Waals surface area contributed by atoms with E-state index >= 15 is 0 Å². The molecule has 20 heavy (non-hydrogen) atoms. The van der Waals surface area contributed by atoms with Gasteiger partial charge in [-0.3, -0.25) is 4.79 Å². The number of benzene rings is 1. The van der Waals surface area contributed by atoms with Gasteiger partial charge >= 0.3 is 0 Å². The zero-order chi connectivity index (χ0) is 14.5. The van der Waals surface area contributed by atoms with E-state index in [1.54, 1.807) is 7.11 Å². The number of hydrogen-bond donors (Lipinski definition) is 1. The summed E-state index contributed by atoms with van der Waals surface area (Å²) in [5, 5.41) is 0. The molecule has 2 rings (SSSR count). The highest BCUT2D eigenvalue weighted by Gasteiger charge is 2.34. The van der Waals surface area contributed by atoms with Crippen molar-refractivity contribution in [3.05, 3.63) is 29.8 Å². The van der Waals surface area contributed by atoms with Crippen molar-refractivity contribution in [2.75, 3.05) is 7.11 Å². The first-order chi connectivity index (χ1) is 9.67. The first-order valence-corrected chi connectivity index (χ1v) is 7.35. The molecule has 1 aromatic rings. The van der Waals surface area contributed by atoms with Gasteiger partial charge in [0.2, 0.25) is 5.91 Å². The van der Waals surface area contributed by atoms with Gasteiger partial charge in [-0.2, -0.15) is 0 Å². The van der Waals surface area contributed by atoms with Gasteiger partial charge in [0.05, 0.1) is 13.2 Å². The summed E-state index contributed by atoms with van der Waals surface area (Å²) < 4.78 is 5.36. The van der Waals surface area contributed by atoms with E-state index in [9.17, 15) is 4.79 Å². The third kappa shape index (κ3) is 3.51. The molecule has 0 bridgehead atoms. The summed E-state index contributed by atoms with van der Waals surface area (Å²) in [6.07, 6.45) is 3.84. The number of ether oxygens (including phenoxy) is 1. The number of hydrogen-bond acceptors (Lipinski definition) is 3. The van der Waals surface area contributed by atoms with E-state index in [2.05, 4.69) is 6.92 Å². The average molecular weight is 276 g/mol. The van der Waals surface area contributed by atoms with Crippen LogP contribution < -0.4 is 10.5 Å². The number of methoxy groups -OCH3 is 1. The Labute approximate surface area is 120 Å². The van der Waals surface area contributed by atoms with Crippen LogP contribution in [0.25, 0.3) is 0 Å². The van der Waals surface area contributed by atoms with Gasteiger partial charge in [0.25, 0.3) is 0 Å². The molecule has 0 radical (unpaired) electrons. The molecule has 1 saturated carbocycles. The normalized spacial score (nSPS) is 15.8. The Kier molecular flexibility index (Phi) is 5.01. The molecule has 0 aliphatic heterocycles. The molecule has 0 unspecified atom stereocenters. The minimum atomic E-state index is -0.379. The highest BCUT2D eigenvalue weighted by molar-refractivity contribution is 5.82. The van der Waals surface area contributed by atoms with E-state index in [1.807, 2.05) is 29.2 Å². The Morgan fingerprint density at radius 2 is 2.15 bits per heavy atom. The fourth-order valence-electron chi connectivity index (χ4n) is 2.44. The summed E-state index contributed by atoms with van der Waals surface area (Å²) in [6.45, 7) is 2.64. The number of carbonyl (C=O) groups excluding carboxylic acids is 1. The Hall–Kier alpha value is -1.55. The van der Waals surface area contributed by atoms with Crippen molar-refractivity contribution in [2.45, 2.75) is 51.2 Å². The zero-order valence-electron chi connectivity index (χ0n) is 12.3. The van der Waals surface area contributed by atoms with Gasteiger partial charge in [-0.15, -0.1) is 0 Å². The quantitative estimate of drug-likeness (QED) is 0.831. The van der Waals surface area contributed by atoms with Gasteiger partial charge in [-0.1, -0.05) is 31.5 Å². The third-order valence-corrected chi connectivity index (χ3v) is 3.72. The maximum absolute atomic E-state index is 12.5. The predicted molar refractivity (Wildman–Crippen MR) is 79.4 cm³/mol. The number of carbonyl (C=O) groups is 1. The Bertz CT molecular complexity index is 458. The van der Waals surface area contributed by atoms with Gasteiger partial charge in [0.1, 0.15) is 5.75 Å². The first kappa shape index (κ1) is 14.9. The molecule has 0 heterocycles. The van der Waals surface area contributed by atoms with E-state index in [1.165, 1.54) is 0 Å². The second kappa shape index (κ2) is 6.75. The predicted octanol–water partition coefficient (Wildman–Crippen LogP) is 2.31. The van der Waals surface area contributed by atoms with Crippen molar-refractivity contribution in [2.24, 2.45) is 5.73 Å². The zero-order valence-corrected chi connectivity index (χ0v) is 12.3. The summed E-state index contributed by atoms with van der Waals surface area (Å²) in [5.74, 6) is 0.898. The molecular weight excluding hydrogens is 252 g/mol. The molecule has 1 aromatic carbocycles. The van der Waals surface area contributed by atoms with Crippen LogP contribution in [0.15, 0.2) is 24.3 Å². The summed E-state index contributed by atoms with van der Waals surface area (Å²) in [5.41, 5.74) is 7.04. The maximum Gasteiger partial charge on any atom is 0.240 e. The molecule has 1 aliphatic carbocycles. The second-order valence-corrected chi connectivity index (χ2v) is 5.40. The van der Waals surface area contributed by atoms with Gasteiger partial charge in [0, 0.05) is 18.2 Å². The fraction of sp³-hybridized carbons (Fsp3) is 0.562. The molecule has 0 aromatic heterocycles. The topological polar surface area (TPSA) is 55.6 Å². The lowest BCUT2D eigenvalue weighted by Crippen LogP contribution is -2.44. The molecule has 1 amide bonds. The highest BCUT2D eigenvalue weighted by Crippen LogP contribution is 2.31. The highest BCUT2D eigenvalue weighted by atomic mass is 16.5. The first-order valence-electron chi connectivity index (χ1n) is 7.35. The molecule has 4 nitrogen and oxygen atoms in total. The van der Waals surface area contributed by atoms with Crippen molar-refractivity contribution >= 4 is 5.91 Å². The largest absolute Gasteiger partial charge is 0.496 e. The van der Waals surface area contributed by atoms with Crippen molar-refractivity contribution in [3.63, 3.8) is 0 Å². The standard InChI is InChI=1S/C16H24N2O2/c1-3-6-14(17)16(19)18(13-9-10-13)11-12-7-4-5-8-15(12)20-2/h4-5,7-8,13-14H,3,6,9-11,17H2,1-2H3/t14-/m1/s1. The van der Waals surface area contributed by atoms with Crippen LogP contribution in [0.1, 0.15) is 38.2 Å². The number of amides is 1. The SMILES string of the molecule is CCC[C@@H](N)C(=O)N(Cc1ccccc1OC)C1CC1. The van der Waals surface area contributed by atoms with Crippen LogP contribution in [0.3, 0.4) is 0 Å². The lowest BCUT2D eigenvalue weighted by molar-refractivity contribution is -0.134. The van der Waals surface area contributed by atoms with Crippen molar-refractivity contribution in [3.8, 4) is 5.75 Å². The summed E-state index contributed by atoms with van der Waals surface area (Å²) in [7, 11) is 1.66. The van der Waals surface area contributed by atoms with E-state index in [4.69, 9.17) is 10.5 Å². The monoisotopic (exact) mass is 276 g/mol. The van der Waals surface area contributed by atoms with Crippen molar-refractivity contribution in [1.29, 1.82) is 0 Å². The second-order valence-electron chi connectivity index (χ2n) is 5.40. The molecule has 4 heteroatoms. The molecule has 2 N–H and O–H groups in total. The van der Waals surface area contributed by atoms with Crippen LogP contribution in [0.5, 0.6) is 5.75 Å². The number of nitrogens with zero attached hydrogens (tertiary/aromatic N) is 1. The van der Waals surface area contributed by atoms with Crippen LogP contribution in [-0.4, -0.2) is 30.0 Å². The Morgan fingerprint density at radius 1 is 1.45 bits per heavy atom. The van der Waals surface area contributed by atoms with Crippen LogP contribution in [-0.2, 0) is 11.3 Å². The molecular formula is C16H24N2O2. The van der Waals surface area contributed by atoms with Gasteiger partial charge in [0.15, 0.2) is 0 Å². The minimum Gasteiger partial charge on any atom is -0.496 e. The molecule has 0 saturated heterocycles. The smallest absolute Gasteiger partial charge is 0.240 e. The van der Waals surface area contributed by atoms with Crippen LogP contribution >= 0.6 is 0 Å². The number of rotatable bonds is 7. The van der Waals surface area contributed by atoms with Crippen LogP contribution in [0.4, 0.5) is 0 Å². The summed E-state index contributed by atoms with van der Waals surface area (Å²) in [6, 6.07) is 7.82. The lowest BCUT2D eigenvalue weighted by atomic mass is 10.1. The summed E-state index contributed by atoms with van der Waals surface area (Å²) >= 11 is 0. The van der Waals surface area contributed by atoms with Crippen LogP contribution in [0, 0.1) is 0 Å². The van der Waals surface area contributed by atoms with Gasteiger partial charge < -0.3 is 15.4 Å². The molecule has 0 spiro atoms. The van der Waals surface area contributed by atoms with E-state index < -0.39 is 0 Å². The molecule has 110 valence electrons. The van der Waals surface area contributed by atoms with E-state index in [-0.39, 0.29) is 11.9 Å². The van der Waals surface area contributed by atoms with Crippen LogP contribution in [0.2, 0.25) is 0 Å². The van der Waals surface area contributed by atoms with E-state index in [0.717, 1.165) is 37.0 Å². The maximum atomic E-state index is 12.5. The molecule has 1 atom stereocenters. The molecule has 1 fully saturated rings. The minimum absolute atomic E-state index is 0.0697. The number of para-hydroxylation sites is 1.